The summed E-state index contributed by atoms with van der Waals surface area (Å²) >= 11 is 0. The van der Waals surface area contributed by atoms with E-state index in [0.29, 0.717) is 31.7 Å². The Morgan fingerprint density at radius 2 is 1.68 bits per heavy atom. The lowest BCUT2D eigenvalue weighted by molar-refractivity contribution is -0.129. The van der Waals surface area contributed by atoms with Crippen LogP contribution in [0.1, 0.15) is 12.5 Å². The molecule has 1 amide bonds. The molecule has 1 saturated heterocycles. The maximum atomic E-state index is 13.4. The molecule has 7 nitrogen and oxygen atoms in total. The van der Waals surface area contributed by atoms with Gasteiger partial charge in [0.15, 0.2) is 0 Å². The molecular weight excluding hydrogens is 421 g/mol. The minimum atomic E-state index is -4.06. The molecule has 1 aliphatic heterocycles. The van der Waals surface area contributed by atoms with Gasteiger partial charge in [-0.3, -0.25) is 4.79 Å². The number of aromatic nitrogens is 1. The van der Waals surface area contributed by atoms with E-state index in [-0.39, 0.29) is 27.6 Å². The van der Waals surface area contributed by atoms with Gasteiger partial charge < -0.3 is 14.2 Å². The minimum Gasteiger partial charge on any atom is -0.419 e. The van der Waals surface area contributed by atoms with E-state index in [1.54, 1.807) is 9.80 Å². The number of nitrogens with zero attached hydrogens (tertiary/aromatic N) is 3. The number of piperazine rings is 1. The van der Waals surface area contributed by atoms with Gasteiger partial charge in [0, 0.05) is 38.7 Å². The zero-order chi connectivity index (χ0) is 22.2. The van der Waals surface area contributed by atoms with Crippen molar-refractivity contribution in [1.29, 1.82) is 0 Å². The highest BCUT2D eigenvalue weighted by atomic mass is 32.2. The second-order valence-corrected chi connectivity index (χ2v) is 9.26. The van der Waals surface area contributed by atoms with Crippen molar-refractivity contribution in [2.24, 2.45) is 0 Å². The smallest absolute Gasteiger partial charge is 0.236 e. The van der Waals surface area contributed by atoms with Crippen molar-refractivity contribution in [2.75, 3.05) is 31.1 Å². The van der Waals surface area contributed by atoms with Crippen molar-refractivity contribution in [1.82, 2.24) is 9.88 Å². The van der Waals surface area contributed by atoms with Gasteiger partial charge in [-0.05, 0) is 42.8 Å². The Bertz CT molecular complexity index is 1210. The van der Waals surface area contributed by atoms with Crippen LogP contribution in [0.5, 0.6) is 0 Å². The predicted octanol–water partition coefficient (Wildman–Crippen LogP) is 3.29. The number of carbonyl (C=O) groups is 1. The van der Waals surface area contributed by atoms with Crippen LogP contribution in [0.3, 0.4) is 0 Å². The summed E-state index contributed by atoms with van der Waals surface area (Å²) in [6.07, 6.45) is 0. The molecule has 4 rings (SSSR count). The van der Waals surface area contributed by atoms with Gasteiger partial charge >= 0.3 is 0 Å². The standard InChI is InChI=1S/C22H22FN3O4S/c1-15-5-3-4-6-19(15)20-24-21(31(28,29)18-9-7-17(23)8-10-18)22(30-20)26-13-11-25(12-14-26)16(2)27/h3-10H,11-14H2,1-2H3. The van der Waals surface area contributed by atoms with E-state index in [1.165, 1.54) is 19.1 Å². The SMILES string of the molecule is CC(=O)N1CCN(c2oc(-c3ccccc3C)nc2S(=O)(=O)c2ccc(F)cc2)CC1. The lowest BCUT2D eigenvalue weighted by Crippen LogP contribution is -2.48. The highest BCUT2D eigenvalue weighted by molar-refractivity contribution is 7.91. The molecule has 162 valence electrons. The van der Waals surface area contributed by atoms with E-state index in [4.69, 9.17) is 4.42 Å². The summed E-state index contributed by atoms with van der Waals surface area (Å²) in [6, 6.07) is 12.0. The van der Waals surface area contributed by atoms with Crippen molar-refractivity contribution in [3.63, 3.8) is 0 Å². The molecule has 0 spiro atoms. The molecule has 9 heteroatoms. The van der Waals surface area contributed by atoms with Gasteiger partial charge in [0.25, 0.3) is 0 Å². The number of anilines is 1. The fourth-order valence-corrected chi connectivity index (χ4v) is 4.87. The fourth-order valence-electron chi connectivity index (χ4n) is 3.55. The van der Waals surface area contributed by atoms with Crippen molar-refractivity contribution < 1.29 is 22.0 Å². The van der Waals surface area contributed by atoms with Gasteiger partial charge in [-0.15, -0.1) is 0 Å². The third kappa shape index (κ3) is 4.05. The Kier molecular flexibility index (Phi) is 5.53. The molecule has 0 aliphatic carbocycles. The highest BCUT2D eigenvalue weighted by Gasteiger charge is 2.33. The lowest BCUT2D eigenvalue weighted by Gasteiger charge is -2.34. The predicted molar refractivity (Wildman–Crippen MR) is 113 cm³/mol. The van der Waals surface area contributed by atoms with Gasteiger partial charge in [-0.2, -0.15) is 4.98 Å². The van der Waals surface area contributed by atoms with Gasteiger partial charge in [-0.1, -0.05) is 18.2 Å². The monoisotopic (exact) mass is 443 g/mol. The van der Waals surface area contributed by atoms with Gasteiger partial charge in [0.1, 0.15) is 5.82 Å². The molecule has 0 bridgehead atoms. The minimum absolute atomic E-state index is 0.0306. The van der Waals surface area contributed by atoms with Crippen molar-refractivity contribution in [3.05, 3.63) is 59.9 Å². The molecule has 1 aliphatic rings. The van der Waals surface area contributed by atoms with E-state index >= 15 is 0 Å². The van der Waals surface area contributed by atoms with E-state index in [9.17, 15) is 17.6 Å². The molecule has 1 fully saturated rings. The third-order valence-electron chi connectivity index (χ3n) is 5.35. The third-order valence-corrected chi connectivity index (χ3v) is 7.01. The number of hydrogen-bond acceptors (Lipinski definition) is 6. The van der Waals surface area contributed by atoms with Crippen LogP contribution in [0.25, 0.3) is 11.5 Å². The summed E-state index contributed by atoms with van der Waals surface area (Å²) in [6.45, 7) is 5.11. The Hall–Kier alpha value is -3.20. The first-order chi connectivity index (χ1) is 14.8. The number of amides is 1. The molecule has 0 unspecified atom stereocenters. The van der Waals surface area contributed by atoms with Gasteiger partial charge in [0.2, 0.25) is 32.5 Å². The molecule has 1 aromatic heterocycles. The maximum Gasteiger partial charge on any atom is 0.236 e. The average Bonchev–Trinajstić information content (AvgIpc) is 3.20. The summed E-state index contributed by atoms with van der Waals surface area (Å²) in [5.41, 5.74) is 1.58. The van der Waals surface area contributed by atoms with E-state index in [0.717, 1.165) is 17.7 Å². The molecule has 0 radical (unpaired) electrons. The first kappa shape index (κ1) is 21.0. The zero-order valence-corrected chi connectivity index (χ0v) is 18.0. The quantitative estimate of drug-likeness (QED) is 0.576. The Labute approximate surface area is 180 Å². The zero-order valence-electron chi connectivity index (χ0n) is 17.2. The number of sulfone groups is 1. The summed E-state index contributed by atoms with van der Waals surface area (Å²) in [5, 5.41) is -0.214. The normalized spacial score (nSPS) is 14.7. The van der Waals surface area contributed by atoms with Crippen LogP contribution in [0.15, 0.2) is 62.9 Å². The van der Waals surface area contributed by atoms with Crippen molar-refractivity contribution in [3.8, 4) is 11.5 Å². The number of hydrogen-bond donors (Lipinski definition) is 0. The van der Waals surface area contributed by atoms with Crippen molar-refractivity contribution in [2.45, 2.75) is 23.8 Å². The van der Waals surface area contributed by atoms with Crippen LogP contribution < -0.4 is 4.90 Å². The van der Waals surface area contributed by atoms with Crippen LogP contribution in [0.4, 0.5) is 10.3 Å². The average molecular weight is 444 g/mol. The second-order valence-electron chi connectivity index (χ2n) is 7.39. The molecule has 0 N–H and O–H groups in total. The van der Waals surface area contributed by atoms with Crippen LogP contribution in [0.2, 0.25) is 0 Å². The van der Waals surface area contributed by atoms with Gasteiger partial charge in [0.05, 0.1) is 4.90 Å². The Morgan fingerprint density at radius 1 is 1.03 bits per heavy atom. The van der Waals surface area contributed by atoms with E-state index in [1.807, 2.05) is 31.2 Å². The van der Waals surface area contributed by atoms with Crippen molar-refractivity contribution >= 4 is 21.6 Å². The number of oxazole rings is 1. The largest absolute Gasteiger partial charge is 0.419 e. The van der Waals surface area contributed by atoms with Crippen LogP contribution in [0, 0.1) is 12.7 Å². The second kappa shape index (κ2) is 8.14. The van der Waals surface area contributed by atoms with Gasteiger partial charge in [-0.25, -0.2) is 12.8 Å². The molecule has 2 heterocycles. The number of carbonyl (C=O) groups excluding carboxylic acids is 1. The number of aryl methyl sites for hydroxylation is 1. The first-order valence-electron chi connectivity index (χ1n) is 9.85. The molecule has 2 aromatic carbocycles. The highest BCUT2D eigenvalue weighted by Crippen LogP contribution is 2.36. The molecule has 3 aromatic rings. The summed E-state index contributed by atoms with van der Waals surface area (Å²) in [7, 11) is -4.06. The lowest BCUT2D eigenvalue weighted by atomic mass is 10.1. The number of rotatable bonds is 4. The Balaban J connectivity index is 1.80. The van der Waals surface area contributed by atoms with E-state index in [2.05, 4.69) is 4.98 Å². The summed E-state index contributed by atoms with van der Waals surface area (Å²) in [5.74, 6) is -0.231. The van der Waals surface area contributed by atoms with Crippen LogP contribution in [-0.4, -0.2) is 50.4 Å². The van der Waals surface area contributed by atoms with Crippen LogP contribution in [-0.2, 0) is 14.6 Å². The Morgan fingerprint density at radius 3 is 2.29 bits per heavy atom. The molecule has 31 heavy (non-hydrogen) atoms. The molecule has 0 atom stereocenters. The maximum absolute atomic E-state index is 13.4. The topological polar surface area (TPSA) is 83.7 Å². The summed E-state index contributed by atoms with van der Waals surface area (Å²) in [4.78, 5) is 19.4. The molecular formula is C22H22FN3O4S. The first-order valence-corrected chi connectivity index (χ1v) is 11.3. The van der Waals surface area contributed by atoms with E-state index < -0.39 is 15.7 Å². The molecule has 0 saturated carbocycles. The number of halogens is 1. The number of benzene rings is 2. The summed E-state index contributed by atoms with van der Waals surface area (Å²) < 4.78 is 46.1. The van der Waals surface area contributed by atoms with Crippen LogP contribution >= 0.6 is 0 Å². The fraction of sp³-hybridized carbons (Fsp3) is 0.273.